The molecule has 2 aliphatic rings. The fourth-order valence-electron chi connectivity index (χ4n) is 1.93. The van der Waals surface area contributed by atoms with E-state index >= 15 is 0 Å². The number of amides is 1. The van der Waals surface area contributed by atoms with Crippen LogP contribution < -0.4 is 5.32 Å². The molecule has 82 valence electrons. The minimum atomic E-state index is -0.0342. The zero-order valence-corrected chi connectivity index (χ0v) is 10.3. The Labute approximate surface area is 99.3 Å². The molecule has 1 amide bonds. The van der Waals surface area contributed by atoms with Crippen molar-refractivity contribution >= 4 is 34.2 Å². The Bertz CT molecular complexity index is 332. The second-order valence-corrected chi connectivity index (χ2v) is 5.49. The number of hydrogen-bond donors (Lipinski definition) is 1. The van der Waals surface area contributed by atoms with Crippen LogP contribution in [0.15, 0.2) is 10.6 Å². The Morgan fingerprint density at radius 2 is 2.07 bits per heavy atom. The summed E-state index contributed by atoms with van der Waals surface area (Å²) in [4.78, 5) is 14.6. The van der Waals surface area contributed by atoms with Crippen molar-refractivity contribution in [2.24, 2.45) is 0 Å². The smallest absolute Gasteiger partial charge is 0.265 e. The summed E-state index contributed by atoms with van der Waals surface area (Å²) in [6.07, 6.45) is 3.75. The Balaban J connectivity index is 2.16. The first kappa shape index (κ1) is 11.0. The number of hydrogen-bond acceptors (Lipinski definition) is 4. The van der Waals surface area contributed by atoms with Crippen LogP contribution in [0, 0.1) is 0 Å². The van der Waals surface area contributed by atoms with E-state index in [1.54, 1.807) is 0 Å². The average molecular weight is 242 g/mol. The highest BCUT2D eigenvalue weighted by atomic mass is 32.2. The minimum absolute atomic E-state index is 0.0342. The molecular weight excluding hydrogens is 228 g/mol. The number of carbonyl (C=O) groups excluding carboxylic acids is 1. The van der Waals surface area contributed by atoms with Crippen LogP contribution in [0.3, 0.4) is 0 Å². The molecule has 2 fully saturated rings. The molecule has 0 atom stereocenters. The lowest BCUT2D eigenvalue weighted by Gasteiger charge is -2.29. The Kier molecular flexibility index (Phi) is 3.31. The fraction of sp³-hybridized carbons (Fsp3) is 0.600. The van der Waals surface area contributed by atoms with Crippen LogP contribution in [0.2, 0.25) is 0 Å². The summed E-state index contributed by atoms with van der Waals surface area (Å²) < 4.78 is 0.575. The van der Waals surface area contributed by atoms with Gasteiger partial charge in [-0.2, -0.15) is 0 Å². The van der Waals surface area contributed by atoms with E-state index < -0.39 is 0 Å². The first-order valence-electron chi connectivity index (χ1n) is 5.17. The molecule has 2 aliphatic heterocycles. The van der Waals surface area contributed by atoms with Gasteiger partial charge in [0, 0.05) is 18.8 Å². The molecule has 2 rings (SSSR count). The van der Waals surface area contributed by atoms with Crippen LogP contribution in [-0.2, 0) is 4.79 Å². The summed E-state index contributed by atoms with van der Waals surface area (Å²) in [5.41, 5.74) is 1.08. The lowest BCUT2D eigenvalue weighted by molar-refractivity contribution is -0.115. The maximum Gasteiger partial charge on any atom is 0.265 e. The first-order valence-corrected chi connectivity index (χ1v) is 6.40. The second kappa shape index (κ2) is 4.53. The normalized spacial score (nSPS) is 25.5. The van der Waals surface area contributed by atoms with Gasteiger partial charge in [-0.25, -0.2) is 0 Å². The molecule has 3 nitrogen and oxygen atoms in total. The van der Waals surface area contributed by atoms with Crippen molar-refractivity contribution in [2.75, 3.05) is 13.1 Å². The number of nitrogens with zero attached hydrogens (tertiary/aromatic N) is 1. The van der Waals surface area contributed by atoms with Crippen molar-refractivity contribution < 1.29 is 4.79 Å². The summed E-state index contributed by atoms with van der Waals surface area (Å²) in [5, 5.41) is 2.66. The van der Waals surface area contributed by atoms with E-state index in [0.29, 0.717) is 4.32 Å². The van der Waals surface area contributed by atoms with Crippen LogP contribution in [0.5, 0.6) is 0 Å². The number of allylic oxidation sites excluding steroid dienone is 1. The average Bonchev–Trinajstić information content (AvgIpc) is 2.58. The van der Waals surface area contributed by atoms with Gasteiger partial charge in [-0.05, 0) is 26.2 Å². The lowest BCUT2D eigenvalue weighted by atomic mass is 10.1. The van der Waals surface area contributed by atoms with Crippen molar-refractivity contribution in [1.82, 2.24) is 10.2 Å². The molecule has 0 aromatic carbocycles. The van der Waals surface area contributed by atoms with Crippen molar-refractivity contribution in [3.8, 4) is 0 Å². The van der Waals surface area contributed by atoms with E-state index in [1.165, 1.54) is 31.0 Å². The molecule has 2 heterocycles. The van der Waals surface area contributed by atoms with E-state index in [4.69, 9.17) is 12.2 Å². The fourth-order valence-corrected chi connectivity index (χ4v) is 3.02. The molecule has 0 bridgehead atoms. The third kappa shape index (κ3) is 2.34. The zero-order valence-electron chi connectivity index (χ0n) is 8.71. The maximum atomic E-state index is 11.6. The number of rotatable bonds is 1. The molecule has 1 N–H and O–H groups in total. The van der Waals surface area contributed by atoms with Gasteiger partial charge in [0.15, 0.2) is 0 Å². The highest BCUT2D eigenvalue weighted by molar-refractivity contribution is 8.26. The van der Waals surface area contributed by atoms with E-state index in [0.717, 1.165) is 23.7 Å². The van der Waals surface area contributed by atoms with Crippen LogP contribution >= 0.6 is 24.0 Å². The molecule has 0 aromatic rings. The van der Waals surface area contributed by atoms with Gasteiger partial charge < -0.3 is 10.2 Å². The van der Waals surface area contributed by atoms with Gasteiger partial charge in [0.1, 0.15) is 4.32 Å². The minimum Gasteiger partial charge on any atom is -0.374 e. The topological polar surface area (TPSA) is 32.3 Å². The number of nitrogens with one attached hydrogen (secondary N) is 1. The monoisotopic (exact) mass is 242 g/mol. The Morgan fingerprint density at radius 1 is 1.40 bits per heavy atom. The molecule has 0 aromatic heterocycles. The predicted octanol–water partition coefficient (Wildman–Crippen LogP) is 1.85. The summed E-state index contributed by atoms with van der Waals surface area (Å²) in [5.74, 6) is -0.0342. The molecular formula is C10H14N2OS2. The van der Waals surface area contributed by atoms with Crippen molar-refractivity contribution in [1.29, 1.82) is 0 Å². The van der Waals surface area contributed by atoms with Crippen molar-refractivity contribution in [3.05, 3.63) is 10.6 Å². The SMILES string of the molecule is C/C(=C1\SC(=S)NC1=O)N1CCCCC1. The maximum absolute atomic E-state index is 11.6. The first-order chi connectivity index (χ1) is 7.18. The van der Waals surface area contributed by atoms with E-state index in [1.807, 2.05) is 6.92 Å². The van der Waals surface area contributed by atoms with E-state index in [2.05, 4.69) is 10.2 Å². The van der Waals surface area contributed by atoms with E-state index in [-0.39, 0.29) is 5.91 Å². The standard InChI is InChI=1S/C10H14N2OS2/c1-7(12-5-3-2-4-6-12)8-9(13)11-10(14)15-8/h2-6H2,1H3,(H,11,13,14)/b8-7+. The molecule has 5 heteroatoms. The van der Waals surface area contributed by atoms with Crippen molar-refractivity contribution in [3.63, 3.8) is 0 Å². The summed E-state index contributed by atoms with van der Waals surface area (Å²) in [7, 11) is 0. The number of thiocarbonyl (C=S) groups is 1. The summed E-state index contributed by atoms with van der Waals surface area (Å²) in [6, 6.07) is 0. The number of thioether (sulfide) groups is 1. The second-order valence-electron chi connectivity index (χ2n) is 3.81. The third-order valence-electron chi connectivity index (χ3n) is 2.78. The van der Waals surface area contributed by atoms with Gasteiger partial charge in [-0.3, -0.25) is 4.79 Å². The number of piperidine rings is 1. The van der Waals surface area contributed by atoms with Crippen LogP contribution in [0.1, 0.15) is 26.2 Å². The molecule has 2 saturated heterocycles. The van der Waals surface area contributed by atoms with Gasteiger partial charge in [0.2, 0.25) is 0 Å². The largest absolute Gasteiger partial charge is 0.374 e. The quantitative estimate of drug-likeness (QED) is 0.562. The van der Waals surface area contributed by atoms with Gasteiger partial charge >= 0.3 is 0 Å². The van der Waals surface area contributed by atoms with Gasteiger partial charge in [0.05, 0.1) is 4.91 Å². The van der Waals surface area contributed by atoms with Crippen LogP contribution in [0.25, 0.3) is 0 Å². The summed E-state index contributed by atoms with van der Waals surface area (Å²) >= 11 is 6.36. The number of carbonyl (C=O) groups is 1. The molecule has 0 radical (unpaired) electrons. The number of likely N-dealkylation sites (tertiary alicyclic amines) is 1. The highest BCUT2D eigenvalue weighted by Crippen LogP contribution is 2.29. The molecule has 15 heavy (non-hydrogen) atoms. The predicted molar refractivity (Wildman–Crippen MR) is 66.5 cm³/mol. The zero-order chi connectivity index (χ0) is 10.8. The van der Waals surface area contributed by atoms with E-state index in [9.17, 15) is 4.79 Å². The molecule has 0 saturated carbocycles. The molecule has 0 spiro atoms. The Hall–Kier alpha value is -0.550. The highest BCUT2D eigenvalue weighted by Gasteiger charge is 2.26. The van der Waals surface area contributed by atoms with Crippen LogP contribution in [-0.4, -0.2) is 28.2 Å². The van der Waals surface area contributed by atoms with Crippen LogP contribution in [0.4, 0.5) is 0 Å². The Morgan fingerprint density at radius 3 is 2.60 bits per heavy atom. The van der Waals surface area contributed by atoms with Gasteiger partial charge in [-0.1, -0.05) is 24.0 Å². The third-order valence-corrected chi connectivity index (χ3v) is 4.10. The summed E-state index contributed by atoms with van der Waals surface area (Å²) in [6.45, 7) is 4.15. The molecule has 0 aliphatic carbocycles. The lowest BCUT2D eigenvalue weighted by Crippen LogP contribution is -2.29. The van der Waals surface area contributed by atoms with Gasteiger partial charge in [0.25, 0.3) is 5.91 Å². The van der Waals surface area contributed by atoms with Gasteiger partial charge in [-0.15, -0.1) is 0 Å². The molecule has 0 unspecified atom stereocenters. The van der Waals surface area contributed by atoms with Crippen molar-refractivity contribution in [2.45, 2.75) is 26.2 Å².